The van der Waals surface area contributed by atoms with E-state index in [1.807, 2.05) is 0 Å². The maximum atomic E-state index is 8.58. The van der Waals surface area contributed by atoms with Gasteiger partial charge in [0.15, 0.2) is 0 Å². The van der Waals surface area contributed by atoms with E-state index in [-0.39, 0.29) is 45.9 Å². The molecule has 0 amide bonds. The number of rotatable bonds is 0. The van der Waals surface area contributed by atoms with E-state index < -0.39 is 9.05 Å². The smallest absolute Gasteiger partial charge is 0.894 e. The van der Waals surface area contributed by atoms with Crippen molar-refractivity contribution in [2.45, 2.75) is 0 Å². The number of hydrogen-bond donors (Lipinski definition) is 0. The van der Waals surface area contributed by atoms with Gasteiger partial charge in [-0.25, -0.2) is 0 Å². The van der Waals surface area contributed by atoms with E-state index in [4.69, 9.17) is 19.2 Å². The van der Waals surface area contributed by atoms with Crippen LogP contribution in [0.25, 0.3) is 0 Å². The molecule has 0 saturated heterocycles. The second kappa shape index (κ2) is 8.32. The minimum absolute atomic E-state index is 0. The largest absolute Gasteiger partial charge is 3.00 e. The molecule has 0 aliphatic rings. The molecule has 8 heteroatoms. The van der Waals surface area contributed by atoms with Gasteiger partial charge in [0.1, 0.15) is 0 Å². The van der Waals surface area contributed by atoms with E-state index >= 15 is 0 Å². The predicted octanol–water partition coefficient (Wildman–Crippen LogP) is -6.08. The van der Waals surface area contributed by atoms with Crippen molar-refractivity contribution >= 4 is 49.5 Å². The molecule has 0 aliphatic heterocycles. The molecule has 0 fully saturated rings. The molecule has 0 bridgehead atoms. The zero-order chi connectivity index (χ0) is 4.50. The van der Waals surface area contributed by atoms with Gasteiger partial charge in [-0.2, -0.15) is 0 Å². The van der Waals surface area contributed by atoms with Gasteiger partial charge in [-0.3, -0.25) is 0 Å². The van der Waals surface area contributed by atoms with Crippen molar-refractivity contribution in [3.05, 3.63) is 0 Å². The third-order valence-corrected chi connectivity index (χ3v) is 0. The van der Waals surface area contributed by atoms with Crippen LogP contribution < -0.4 is 19.2 Å². The van der Waals surface area contributed by atoms with Gasteiger partial charge in [-0.1, -0.05) is 0 Å². The summed E-state index contributed by atoms with van der Waals surface area (Å²) in [5.41, 5.74) is 0. The molecule has 1 N–H and O–H groups in total. The maximum Gasteiger partial charge on any atom is 3.00 e. The minimum Gasteiger partial charge on any atom is -0.894 e. The first-order valence-electron chi connectivity index (χ1n) is 0.816. The second-order valence-corrected chi connectivity index (χ2v) is 1.50. The molecule has 40 valence electrons. The van der Waals surface area contributed by atoms with Gasteiger partial charge in [0.05, 0.1) is 0 Å². The molecular weight excluding hydrogens is 159 g/mol. The summed E-state index contributed by atoms with van der Waals surface area (Å²) in [6.45, 7) is 0. The average Bonchev–Trinajstić information content (AvgIpc) is 0.722. The van der Waals surface area contributed by atoms with E-state index in [0.717, 1.165) is 0 Å². The van der Waals surface area contributed by atoms with Crippen LogP contribution in [0.4, 0.5) is 0 Å². The zero-order valence-electron chi connectivity index (χ0n) is 3.86. The third kappa shape index (κ3) is 169. The topological polar surface area (TPSA) is 122 Å². The Labute approximate surface area is 74.0 Å². The maximum absolute atomic E-state index is 8.58. The number of hydrogen-bond acceptors (Lipinski definition) is 5. The molecule has 0 aromatic heterocycles. The molecule has 0 spiro atoms. The summed E-state index contributed by atoms with van der Waals surface area (Å²) < 4.78 is 0. The molecule has 0 saturated carbocycles. The Hall–Kier alpha value is 1.32. The Bertz CT molecular complexity index is 27.9. The van der Waals surface area contributed by atoms with E-state index in [0.29, 0.717) is 0 Å². The first-order valence-corrected chi connectivity index (χ1v) is 2.45. The first kappa shape index (κ1) is 22.8. The van der Waals surface area contributed by atoms with Crippen molar-refractivity contribution < 1.29 is 24.7 Å². The summed E-state index contributed by atoms with van der Waals surface area (Å²) in [6, 6.07) is 0. The summed E-state index contributed by atoms with van der Waals surface area (Å²) in [4.78, 5) is 34.3. The normalized spacial score (nSPS) is 7.50. The average molecular weight is 160 g/mol. The van der Waals surface area contributed by atoms with Crippen LogP contribution in [0.2, 0.25) is 0 Å². The van der Waals surface area contributed by atoms with Crippen LogP contribution in [0.1, 0.15) is 0 Å². The Morgan fingerprint density at radius 3 is 0.875 bits per heavy atom. The van der Waals surface area contributed by atoms with Crippen LogP contribution in [0.15, 0.2) is 0 Å². The van der Waals surface area contributed by atoms with Crippen LogP contribution in [0, 0.1) is 0 Å². The third-order valence-electron chi connectivity index (χ3n) is 0. The van der Waals surface area contributed by atoms with Gasteiger partial charge in [0, 0.05) is 0 Å². The summed E-state index contributed by atoms with van der Waals surface area (Å²) in [5.74, 6) is 0. The Morgan fingerprint density at radius 1 is 0.875 bits per heavy atom. The molecule has 0 aliphatic carbocycles. The Balaban J connectivity index is -0.0000000267. The minimum atomic E-state index is -5.61. The van der Waals surface area contributed by atoms with E-state index in [2.05, 4.69) is 0 Å². The van der Waals surface area contributed by atoms with Crippen LogP contribution >= 0.6 is 0 Å². The molecule has 0 aromatic rings. The molecular formula is HAlMgO5Si. The molecule has 0 unspecified atom stereocenters. The molecule has 8 heavy (non-hydrogen) atoms. The van der Waals surface area contributed by atoms with Gasteiger partial charge in [0.2, 0.25) is 0 Å². The standard InChI is InChI=1S/Al.Mg.O4Si.H2O/c;;1-5(2,3)4;/h;;;1H2/q+3;+2;-4;/p-1. The van der Waals surface area contributed by atoms with Crippen molar-refractivity contribution in [2.24, 2.45) is 0 Å². The Kier molecular flexibility index (Phi) is 23.7. The fourth-order valence-corrected chi connectivity index (χ4v) is 0. The summed E-state index contributed by atoms with van der Waals surface area (Å²) in [7, 11) is -5.61. The summed E-state index contributed by atoms with van der Waals surface area (Å²) >= 11 is 0. The van der Waals surface area contributed by atoms with Gasteiger partial charge in [0.25, 0.3) is 0 Å². The molecule has 5 nitrogen and oxygen atoms in total. The van der Waals surface area contributed by atoms with Crippen molar-refractivity contribution in [3.63, 3.8) is 0 Å². The predicted molar refractivity (Wildman–Crippen MR) is 19.2 cm³/mol. The van der Waals surface area contributed by atoms with Gasteiger partial charge in [-0.15, -0.1) is 0 Å². The van der Waals surface area contributed by atoms with Crippen LogP contribution in [-0.4, -0.2) is 54.9 Å². The first-order chi connectivity index (χ1) is 2.00. The van der Waals surface area contributed by atoms with Crippen molar-refractivity contribution in [3.8, 4) is 0 Å². The molecule has 0 radical (unpaired) electrons. The summed E-state index contributed by atoms with van der Waals surface area (Å²) in [6.07, 6.45) is 0. The van der Waals surface area contributed by atoms with Crippen LogP contribution in [0.5, 0.6) is 0 Å². The zero-order valence-corrected chi connectivity index (χ0v) is 7.43. The van der Waals surface area contributed by atoms with E-state index in [9.17, 15) is 0 Å². The molecule has 0 rings (SSSR count). The monoisotopic (exact) mass is 160 g/mol. The van der Waals surface area contributed by atoms with Gasteiger partial charge >= 0.3 is 40.4 Å². The van der Waals surface area contributed by atoms with Crippen molar-refractivity contribution in [1.29, 1.82) is 0 Å². The fourth-order valence-electron chi connectivity index (χ4n) is 0. The second-order valence-electron chi connectivity index (χ2n) is 0.500. The van der Waals surface area contributed by atoms with Gasteiger partial charge < -0.3 is 33.7 Å². The summed E-state index contributed by atoms with van der Waals surface area (Å²) in [5, 5.41) is 0. The van der Waals surface area contributed by atoms with E-state index in [1.54, 1.807) is 0 Å². The molecule has 0 heterocycles. The SMILES string of the molecule is [Al+3].[Mg+2].[O-][Si]([O-])([O-])[O-].[OH-]. The fraction of sp³-hybridized carbons (Fsp3) is 0. The van der Waals surface area contributed by atoms with Crippen molar-refractivity contribution in [2.75, 3.05) is 0 Å². The van der Waals surface area contributed by atoms with Crippen LogP contribution in [0.3, 0.4) is 0 Å². The quantitative estimate of drug-likeness (QED) is 0.326. The van der Waals surface area contributed by atoms with Crippen LogP contribution in [-0.2, 0) is 0 Å². The Morgan fingerprint density at radius 2 is 0.875 bits per heavy atom. The van der Waals surface area contributed by atoms with Gasteiger partial charge in [-0.05, 0) is 0 Å². The van der Waals surface area contributed by atoms with Crippen molar-refractivity contribution in [1.82, 2.24) is 0 Å². The molecule has 0 atom stereocenters. The van der Waals surface area contributed by atoms with E-state index in [1.165, 1.54) is 0 Å². The molecule has 0 aromatic carbocycles.